The van der Waals surface area contributed by atoms with Gasteiger partial charge in [-0.05, 0) is 13.8 Å². The molecule has 0 unspecified atom stereocenters. The lowest BCUT2D eigenvalue weighted by atomic mass is 10.4. The van der Waals surface area contributed by atoms with Gasteiger partial charge in [-0.25, -0.2) is 15.8 Å². The zero-order valence-electron chi connectivity index (χ0n) is 10.7. The number of hydrazine groups is 1. The molecule has 2 aromatic heterocycles. The Bertz CT molecular complexity index is 561. The SMILES string of the molecule is CC(C)n1ccc(NC(=O)c2cnc(NN)cn2)n1. The highest BCUT2D eigenvalue weighted by atomic mass is 16.2. The van der Waals surface area contributed by atoms with Crippen molar-refractivity contribution in [3.63, 3.8) is 0 Å². The summed E-state index contributed by atoms with van der Waals surface area (Å²) in [5.74, 6) is 5.66. The molecule has 0 saturated heterocycles. The van der Waals surface area contributed by atoms with Crippen molar-refractivity contribution in [2.75, 3.05) is 10.7 Å². The Balaban J connectivity index is 2.06. The van der Waals surface area contributed by atoms with Gasteiger partial charge in [-0.1, -0.05) is 0 Å². The van der Waals surface area contributed by atoms with Gasteiger partial charge in [0, 0.05) is 18.3 Å². The molecule has 1 amide bonds. The Morgan fingerprint density at radius 3 is 2.63 bits per heavy atom. The summed E-state index contributed by atoms with van der Waals surface area (Å²) in [5.41, 5.74) is 2.53. The number of rotatable bonds is 4. The second-order valence-electron chi connectivity index (χ2n) is 4.16. The van der Waals surface area contributed by atoms with Crippen molar-refractivity contribution >= 4 is 17.5 Å². The van der Waals surface area contributed by atoms with Gasteiger partial charge >= 0.3 is 0 Å². The molecule has 2 rings (SSSR count). The van der Waals surface area contributed by atoms with Crippen LogP contribution in [0.4, 0.5) is 11.6 Å². The van der Waals surface area contributed by atoms with Gasteiger partial charge < -0.3 is 10.7 Å². The van der Waals surface area contributed by atoms with Crippen LogP contribution in [0.1, 0.15) is 30.4 Å². The molecule has 0 saturated carbocycles. The van der Waals surface area contributed by atoms with E-state index in [0.29, 0.717) is 11.6 Å². The predicted octanol–water partition coefficient (Wildman–Crippen LogP) is 0.792. The maximum atomic E-state index is 11.9. The Labute approximate surface area is 110 Å². The molecular formula is C11H15N7O. The first kappa shape index (κ1) is 13.0. The fourth-order valence-corrected chi connectivity index (χ4v) is 1.39. The second kappa shape index (κ2) is 5.44. The van der Waals surface area contributed by atoms with Crippen molar-refractivity contribution in [3.8, 4) is 0 Å². The van der Waals surface area contributed by atoms with E-state index in [1.54, 1.807) is 16.9 Å². The molecule has 0 aromatic carbocycles. The van der Waals surface area contributed by atoms with Crippen LogP contribution < -0.4 is 16.6 Å². The number of nitrogens with one attached hydrogen (secondary N) is 2. The number of aromatic nitrogens is 4. The molecule has 0 radical (unpaired) electrons. The summed E-state index contributed by atoms with van der Waals surface area (Å²) in [6.07, 6.45) is 4.51. The zero-order valence-corrected chi connectivity index (χ0v) is 10.7. The van der Waals surface area contributed by atoms with Crippen LogP contribution in [0.2, 0.25) is 0 Å². The van der Waals surface area contributed by atoms with Gasteiger partial charge in [0.2, 0.25) is 0 Å². The van der Waals surface area contributed by atoms with Gasteiger partial charge in [0.15, 0.2) is 11.6 Å². The maximum absolute atomic E-state index is 11.9. The van der Waals surface area contributed by atoms with Gasteiger partial charge in [0.1, 0.15) is 5.69 Å². The van der Waals surface area contributed by atoms with E-state index in [0.717, 1.165) is 0 Å². The zero-order chi connectivity index (χ0) is 13.8. The molecule has 0 fully saturated rings. The number of nitrogens with two attached hydrogens (primary N) is 1. The van der Waals surface area contributed by atoms with Crippen molar-refractivity contribution in [2.45, 2.75) is 19.9 Å². The van der Waals surface area contributed by atoms with Crippen LogP contribution in [0.3, 0.4) is 0 Å². The van der Waals surface area contributed by atoms with E-state index in [2.05, 4.69) is 25.8 Å². The van der Waals surface area contributed by atoms with Crippen LogP contribution in [0.15, 0.2) is 24.7 Å². The molecule has 0 aliphatic rings. The summed E-state index contributed by atoms with van der Waals surface area (Å²) in [6, 6.07) is 1.96. The largest absolute Gasteiger partial charge is 0.307 e. The number of nitrogens with zero attached hydrogens (tertiary/aromatic N) is 4. The number of carbonyl (C=O) groups excluding carboxylic acids is 1. The van der Waals surface area contributed by atoms with Crippen LogP contribution in [0.25, 0.3) is 0 Å². The van der Waals surface area contributed by atoms with Gasteiger partial charge in [-0.15, -0.1) is 0 Å². The maximum Gasteiger partial charge on any atom is 0.277 e. The molecular weight excluding hydrogens is 246 g/mol. The third-order valence-electron chi connectivity index (χ3n) is 2.41. The first-order chi connectivity index (χ1) is 9.10. The fourth-order valence-electron chi connectivity index (χ4n) is 1.39. The van der Waals surface area contributed by atoms with Gasteiger partial charge in [0.05, 0.1) is 12.4 Å². The summed E-state index contributed by atoms with van der Waals surface area (Å²) < 4.78 is 1.75. The van der Waals surface area contributed by atoms with E-state index < -0.39 is 0 Å². The third kappa shape index (κ3) is 3.05. The molecule has 0 aliphatic heterocycles. The summed E-state index contributed by atoms with van der Waals surface area (Å²) in [5, 5.41) is 6.86. The number of nitrogen functional groups attached to an aromatic ring is 1. The highest BCUT2D eigenvalue weighted by Gasteiger charge is 2.10. The molecule has 0 aliphatic carbocycles. The van der Waals surface area contributed by atoms with E-state index in [4.69, 9.17) is 5.84 Å². The molecule has 4 N–H and O–H groups in total. The number of hydrogen-bond acceptors (Lipinski definition) is 6. The summed E-state index contributed by atoms with van der Waals surface area (Å²) in [7, 11) is 0. The highest BCUT2D eigenvalue weighted by Crippen LogP contribution is 2.09. The molecule has 8 nitrogen and oxygen atoms in total. The van der Waals surface area contributed by atoms with E-state index >= 15 is 0 Å². The number of amides is 1. The molecule has 0 atom stereocenters. The molecule has 0 bridgehead atoms. The van der Waals surface area contributed by atoms with E-state index in [1.807, 2.05) is 13.8 Å². The molecule has 2 heterocycles. The van der Waals surface area contributed by atoms with Crippen LogP contribution in [-0.4, -0.2) is 25.7 Å². The van der Waals surface area contributed by atoms with Crippen molar-refractivity contribution in [1.29, 1.82) is 0 Å². The van der Waals surface area contributed by atoms with Gasteiger partial charge in [0.25, 0.3) is 5.91 Å². The van der Waals surface area contributed by atoms with Gasteiger partial charge in [-0.3, -0.25) is 9.48 Å². The van der Waals surface area contributed by atoms with Crippen molar-refractivity contribution in [2.24, 2.45) is 5.84 Å². The van der Waals surface area contributed by atoms with Crippen LogP contribution in [0, 0.1) is 0 Å². The predicted molar refractivity (Wildman–Crippen MR) is 70.4 cm³/mol. The minimum atomic E-state index is -0.370. The highest BCUT2D eigenvalue weighted by molar-refractivity contribution is 6.02. The smallest absolute Gasteiger partial charge is 0.277 e. The number of hydrogen-bond donors (Lipinski definition) is 3. The molecule has 0 spiro atoms. The summed E-state index contributed by atoms with van der Waals surface area (Å²) in [6.45, 7) is 4.01. The van der Waals surface area contributed by atoms with Crippen molar-refractivity contribution in [1.82, 2.24) is 19.7 Å². The van der Waals surface area contributed by atoms with Crippen LogP contribution >= 0.6 is 0 Å². The van der Waals surface area contributed by atoms with Crippen molar-refractivity contribution in [3.05, 3.63) is 30.4 Å². The minimum Gasteiger partial charge on any atom is -0.307 e. The Morgan fingerprint density at radius 2 is 2.11 bits per heavy atom. The molecule has 19 heavy (non-hydrogen) atoms. The first-order valence-electron chi connectivity index (χ1n) is 5.75. The monoisotopic (exact) mass is 261 g/mol. The second-order valence-corrected chi connectivity index (χ2v) is 4.16. The van der Waals surface area contributed by atoms with Crippen LogP contribution in [0.5, 0.6) is 0 Å². The molecule has 100 valence electrons. The number of anilines is 2. The van der Waals surface area contributed by atoms with Gasteiger partial charge in [-0.2, -0.15) is 5.10 Å². The normalized spacial score (nSPS) is 10.5. The third-order valence-corrected chi connectivity index (χ3v) is 2.41. The quantitative estimate of drug-likeness (QED) is 0.554. The number of carbonyl (C=O) groups is 1. The lowest BCUT2D eigenvalue weighted by Gasteiger charge is -2.04. The van der Waals surface area contributed by atoms with Crippen LogP contribution in [-0.2, 0) is 0 Å². The van der Waals surface area contributed by atoms with E-state index in [-0.39, 0.29) is 17.6 Å². The Morgan fingerprint density at radius 1 is 1.32 bits per heavy atom. The Kier molecular flexibility index (Phi) is 3.71. The summed E-state index contributed by atoms with van der Waals surface area (Å²) in [4.78, 5) is 19.7. The topological polar surface area (TPSA) is 111 Å². The average molecular weight is 261 g/mol. The molecule has 2 aromatic rings. The van der Waals surface area contributed by atoms with E-state index in [1.165, 1.54) is 12.4 Å². The lowest BCUT2D eigenvalue weighted by Crippen LogP contribution is -2.16. The average Bonchev–Trinajstić information content (AvgIpc) is 2.87. The Hall–Kier alpha value is -2.48. The lowest BCUT2D eigenvalue weighted by molar-refractivity contribution is 0.102. The van der Waals surface area contributed by atoms with E-state index in [9.17, 15) is 4.79 Å². The summed E-state index contributed by atoms with van der Waals surface area (Å²) >= 11 is 0. The molecule has 8 heteroatoms. The first-order valence-corrected chi connectivity index (χ1v) is 5.75. The standard InChI is InChI=1S/C11H15N7O/c1-7(2)18-4-3-9(17-18)15-11(19)8-5-14-10(16-12)6-13-8/h3-7H,12H2,1-2H3,(H,14,16)(H,15,17,19). The fraction of sp³-hybridized carbons (Fsp3) is 0.273. The van der Waals surface area contributed by atoms with Crippen molar-refractivity contribution < 1.29 is 4.79 Å². The minimum absolute atomic E-state index is 0.193.